The Hall–Kier alpha value is -2.67. The zero-order chi connectivity index (χ0) is 16.9. The van der Waals surface area contributed by atoms with Crippen molar-refractivity contribution in [2.24, 2.45) is 0 Å². The van der Waals surface area contributed by atoms with E-state index in [1.807, 2.05) is 24.3 Å². The molecule has 0 fully saturated rings. The van der Waals surface area contributed by atoms with Crippen LogP contribution in [-0.2, 0) is 11.2 Å². The maximum absolute atomic E-state index is 12.0. The number of halogens is 1. The van der Waals surface area contributed by atoms with E-state index in [-0.39, 0.29) is 18.0 Å². The van der Waals surface area contributed by atoms with Crippen LogP contribution in [-0.4, -0.2) is 34.2 Å². The van der Waals surface area contributed by atoms with E-state index in [2.05, 4.69) is 20.4 Å². The number of benzene rings is 1. The van der Waals surface area contributed by atoms with Gasteiger partial charge in [-0.05, 0) is 31.0 Å². The number of anilines is 1. The number of hydrogen-bond donors (Lipinski definition) is 1. The molecule has 24 heavy (non-hydrogen) atoms. The summed E-state index contributed by atoms with van der Waals surface area (Å²) in [7, 11) is 0. The molecule has 0 unspecified atom stereocenters. The topological polar surface area (TPSA) is 90.1 Å². The van der Waals surface area contributed by atoms with E-state index in [4.69, 9.17) is 20.9 Å². The van der Waals surface area contributed by atoms with Crippen molar-refractivity contribution >= 4 is 34.5 Å². The van der Waals surface area contributed by atoms with Gasteiger partial charge in [0.1, 0.15) is 17.5 Å². The van der Waals surface area contributed by atoms with E-state index in [1.54, 1.807) is 6.92 Å². The summed E-state index contributed by atoms with van der Waals surface area (Å²) in [5.41, 5.74) is 1.44. The predicted octanol–water partition coefficient (Wildman–Crippen LogP) is 3.10. The monoisotopic (exact) mass is 346 g/mol. The Morgan fingerprint density at radius 3 is 2.83 bits per heavy atom. The Morgan fingerprint density at radius 2 is 2.08 bits per heavy atom. The molecule has 0 amide bonds. The van der Waals surface area contributed by atoms with Gasteiger partial charge in [-0.3, -0.25) is 0 Å². The fraction of sp³-hybridized carbons (Fsp3) is 0.250. The van der Waals surface area contributed by atoms with Gasteiger partial charge in [-0.25, -0.2) is 9.78 Å². The standard InChI is InChI=1S/C16H15ClN4O3/c1-2-23-16(22)13-12-14(19-9-20-15(12)24-21-13)18-8-7-10-3-5-11(17)6-4-10/h3-6,9H,2,7-8H2,1H3,(H,18,19,20). The number of nitrogens with zero attached hydrogens (tertiary/aromatic N) is 3. The third-order valence-electron chi connectivity index (χ3n) is 3.36. The Morgan fingerprint density at radius 1 is 1.29 bits per heavy atom. The molecule has 0 saturated heterocycles. The summed E-state index contributed by atoms with van der Waals surface area (Å²) in [6, 6.07) is 7.61. The minimum atomic E-state index is -0.563. The number of rotatable bonds is 6. The molecule has 0 aliphatic heterocycles. The fourth-order valence-corrected chi connectivity index (χ4v) is 2.36. The van der Waals surface area contributed by atoms with Crippen LogP contribution < -0.4 is 5.32 Å². The van der Waals surface area contributed by atoms with Gasteiger partial charge >= 0.3 is 5.97 Å². The van der Waals surface area contributed by atoms with E-state index >= 15 is 0 Å². The predicted molar refractivity (Wildman–Crippen MR) is 89.2 cm³/mol. The average Bonchev–Trinajstić information content (AvgIpc) is 3.02. The van der Waals surface area contributed by atoms with Gasteiger partial charge < -0.3 is 14.6 Å². The lowest BCUT2D eigenvalue weighted by atomic mass is 10.1. The zero-order valence-corrected chi connectivity index (χ0v) is 13.7. The second-order valence-corrected chi connectivity index (χ2v) is 5.39. The maximum Gasteiger partial charge on any atom is 0.361 e. The minimum Gasteiger partial charge on any atom is -0.461 e. The van der Waals surface area contributed by atoms with Crippen LogP contribution in [0.2, 0.25) is 5.02 Å². The van der Waals surface area contributed by atoms with E-state index in [9.17, 15) is 4.79 Å². The van der Waals surface area contributed by atoms with Crippen molar-refractivity contribution in [2.75, 3.05) is 18.5 Å². The van der Waals surface area contributed by atoms with Gasteiger partial charge in [0.05, 0.1) is 6.61 Å². The summed E-state index contributed by atoms with van der Waals surface area (Å²) in [4.78, 5) is 20.1. The van der Waals surface area contributed by atoms with Crippen molar-refractivity contribution < 1.29 is 14.1 Å². The Kier molecular flexibility index (Phi) is 4.90. The summed E-state index contributed by atoms with van der Waals surface area (Å²) in [5, 5.41) is 8.05. The van der Waals surface area contributed by atoms with Crippen LogP contribution in [0.5, 0.6) is 0 Å². The fourth-order valence-electron chi connectivity index (χ4n) is 2.24. The van der Waals surface area contributed by atoms with Crippen LogP contribution in [0.15, 0.2) is 35.1 Å². The highest BCUT2D eigenvalue weighted by Crippen LogP contribution is 2.23. The van der Waals surface area contributed by atoms with E-state index in [0.717, 1.165) is 12.0 Å². The number of esters is 1. The molecule has 1 N–H and O–H groups in total. The van der Waals surface area contributed by atoms with E-state index < -0.39 is 5.97 Å². The van der Waals surface area contributed by atoms with Crippen molar-refractivity contribution in [1.82, 2.24) is 15.1 Å². The second kappa shape index (κ2) is 7.27. The van der Waals surface area contributed by atoms with Gasteiger partial charge in [0, 0.05) is 11.6 Å². The van der Waals surface area contributed by atoms with Crippen LogP contribution in [0.1, 0.15) is 23.0 Å². The molecule has 0 aliphatic rings. The van der Waals surface area contributed by atoms with Crippen LogP contribution in [0.25, 0.3) is 11.1 Å². The zero-order valence-electron chi connectivity index (χ0n) is 13.0. The maximum atomic E-state index is 12.0. The molecule has 0 atom stereocenters. The SMILES string of the molecule is CCOC(=O)c1noc2ncnc(NCCc3ccc(Cl)cc3)c12. The smallest absolute Gasteiger partial charge is 0.361 e. The third kappa shape index (κ3) is 3.46. The molecular formula is C16H15ClN4O3. The number of carbonyl (C=O) groups is 1. The molecule has 2 aromatic heterocycles. The Bertz CT molecular complexity index is 848. The number of hydrogen-bond acceptors (Lipinski definition) is 7. The molecule has 1 aromatic carbocycles. The molecule has 2 heterocycles. The number of aromatic nitrogens is 3. The van der Waals surface area contributed by atoms with E-state index in [1.165, 1.54) is 6.33 Å². The van der Waals surface area contributed by atoms with Crippen LogP contribution in [0.4, 0.5) is 5.82 Å². The normalized spacial score (nSPS) is 10.8. The minimum absolute atomic E-state index is 0.0708. The summed E-state index contributed by atoms with van der Waals surface area (Å²) in [6.07, 6.45) is 2.12. The molecule has 8 heteroatoms. The first-order valence-electron chi connectivity index (χ1n) is 7.45. The van der Waals surface area contributed by atoms with Gasteiger partial charge in [0.2, 0.25) is 5.69 Å². The number of fused-ring (bicyclic) bond motifs is 1. The van der Waals surface area contributed by atoms with Gasteiger partial charge in [0.15, 0.2) is 0 Å². The molecule has 7 nitrogen and oxygen atoms in total. The number of ether oxygens (including phenoxy) is 1. The molecule has 0 bridgehead atoms. The van der Waals surface area contributed by atoms with Gasteiger partial charge in [0.25, 0.3) is 5.71 Å². The summed E-state index contributed by atoms with van der Waals surface area (Å²) in [6.45, 7) is 2.59. The Labute approximate surface area is 143 Å². The second-order valence-electron chi connectivity index (χ2n) is 4.96. The highest BCUT2D eigenvalue weighted by Gasteiger charge is 2.21. The Balaban J connectivity index is 1.77. The van der Waals surface area contributed by atoms with Crippen molar-refractivity contribution in [3.63, 3.8) is 0 Å². The third-order valence-corrected chi connectivity index (χ3v) is 3.61. The van der Waals surface area contributed by atoms with Crippen molar-refractivity contribution in [1.29, 1.82) is 0 Å². The molecule has 124 valence electrons. The molecule has 0 saturated carbocycles. The van der Waals surface area contributed by atoms with Crippen molar-refractivity contribution in [3.05, 3.63) is 46.9 Å². The lowest BCUT2D eigenvalue weighted by Gasteiger charge is -2.07. The first-order valence-corrected chi connectivity index (χ1v) is 7.82. The lowest BCUT2D eigenvalue weighted by molar-refractivity contribution is 0.0517. The molecule has 0 spiro atoms. The van der Waals surface area contributed by atoms with Crippen LogP contribution in [0, 0.1) is 0 Å². The highest BCUT2D eigenvalue weighted by atomic mass is 35.5. The molecule has 0 aliphatic carbocycles. The molecule has 3 rings (SSSR count). The summed E-state index contributed by atoms with van der Waals surface area (Å²) < 4.78 is 10.1. The average molecular weight is 347 g/mol. The van der Waals surface area contributed by atoms with Gasteiger partial charge in [-0.1, -0.05) is 28.9 Å². The first kappa shape index (κ1) is 16.2. The van der Waals surface area contributed by atoms with Gasteiger partial charge in [-0.2, -0.15) is 4.98 Å². The van der Waals surface area contributed by atoms with E-state index in [0.29, 0.717) is 22.8 Å². The molecular weight excluding hydrogens is 332 g/mol. The lowest BCUT2D eigenvalue weighted by Crippen LogP contribution is -2.10. The first-order chi connectivity index (χ1) is 11.7. The molecule has 0 radical (unpaired) electrons. The van der Waals surface area contributed by atoms with Crippen molar-refractivity contribution in [3.8, 4) is 0 Å². The van der Waals surface area contributed by atoms with Gasteiger partial charge in [-0.15, -0.1) is 0 Å². The summed E-state index contributed by atoms with van der Waals surface area (Å²) in [5.74, 6) is -0.0786. The van der Waals surface area contributed by atoms with Crippen LogP contribution >= 0.6 is 11.6 Å². The highest BCUT2D eigenvalue weighted by molar-refractivity contribution is 6.30. The van der Waals surface area contributed by atoms with Crippen LogP contribution in [0.3, 0.4) is 0 Å². The molecule has 3 aromatic rings. The number of carbonyl (C=O) groups excluding carboxylic acids is 1. The van der Waals surface area contributed by atoms with Crippen molar-refractivity contribution in [2.45, 2.75) is 13.3 Å². The quantitative estimate of drug-likeness (QED) is 0.686. The summed E-state index contributed by atoms with van der Waals surface area (Å²) >= 11 is 5.87. The largest absolute Gasteiger partial charge is 0.461 e. The number of nitrogens with one attached hydrogen (secondary N) is 1.